The Bertz CT molecular complexity index is 1020. The first kappa shape index (κ1) is 22.0. The standard InChI is InChI=1S/C23H23ClN2O3S/c1-3-29-23(28)21-18(17-11-7-8-12-19(17)24)15-30-22(21)25-20(27)14-26(2)13-16-9-5-4-6-10-16/h4-12,15H,3,13-14H2,1-2H3,(H,25,27). The number of ether oxygens (including phenoxy) is 1. The number of carbonyl (C=O) groups is 2. The maximum Gasteiger partial charge on any atom is 0.341 e. The van der Waals surface area contributed by atoms with Gasteiger partial charge in [0, 0.05) is 28.1 Å². The molecule has 0 aliphatic rings. The summed E-state index contributed by atoms with van der Waals surface area (Å²) in [6.45, 7) is 2.82. The van der Waals surface area contributed by atoms with E-state index in [1.807, 2.05) is 65.9 Å². The van der Waals surface area contributed by atoms with E-state index in [0.29, 0.717) is 27.7 Å². The molecule has 1 aromatic heterocycles. The van der Waals surface area contributed by atoms with Crippen molar-refractivity contribution in [3.63, 3.8) is 0 Å². The molecule has 30 heavy (non-hydrogen) atoms. The van der Waals surface area contributed by atoms with Crippen molar-refractivity contribution >= 4 is 39.8 Å². The Kier molecular flexibility index (Phi) is 7.63. The van der Waals surface area contributed by atoms with E-state index in [1.54, 1.807) is 13.0 Å². The van der Waals surface area contributed by atoms with E-state index in [0.717, 1.165) is 11.1 Å². The lowest BCUT2D eigenvalue weighted by atomic mass is 10.0. The molecule has 3 rings (SSSR count). The minimum absolute atomic E-state index is 0.191. The van der Waals surface area contributed by atoms with Gasteiger partial charge in [-0.05, 0) is 25.6 Å². The monoisotopic (exact) mass is 442 g/mol. The summed E-state index contributed by atoms with van der Waals surface area (Å²) in [7, 11) is 1.88. The fourth-order valence-electron chi connectivity index (χ4n) is 3.10. The number of thiophene rings is 1. The van der Waals surface area contributed by atoms with Crippen molar-refractivity contribution in [1.82, 2.24) is 4.90 Å². The predicted molar refractivity (Wildman–Crippen MR) is 122 cm³/mol. The first-order chi connectivity index (χ1) is 14.5. The van der Waals surface area contributed by atoms with E-state index in [9.17, 15) is 9.59 Å². The van der Waals surface area contributed by atoms with Gasteiger partial charge < -0.3 is 10.1 Å². The van der Waals surface area contributed by atoms with Gasteiger partial charge >= 0.3 is 5.97 Å². The van der Waals surface area contributed by atoms with Crippen LogP contribution in [0.4, 0.5) is 5.00 Å². The molecule has 3 aromatic rings. The highest BCUT2D eigenvalue weighted by Gasteiger charge is 2.24. The van der Waals surface area contributed by atoms with E-state index in [1.165, 1.54) is 11.3 Å². The number of hydrogen-bond donors (Lipinski definition) is 1. The first-order valence-electron chi connectivity index (χ1n) is 9.55. The molecule has 2 aromatic carbocycles. The number of nitrogens with zero attached hydrogens (tertiary/aromatic N) is 1. The van der Waals surface area contributed by atoms with Crippen molar-refractivity contribution in [3.05, 3.63) is 76.1 Å². The van der Waals surface area contributed by atoms with Crippen LogP contribution in [0.5, 0.6) is 0 Å². The van der Waals surface area contributed by atoms with Gasteiger partial charge in [0.1, 0.15) is 10.6 Å². The first-order valence-corrected chi connectivity index (χ1v) is 10.8. The lowest BCUT2D eigenvalue weighted by Gasteiger charge is -2.16. The summed E-state index contributed by atoms with van der Waals surface area (Å²) in [5.74, 6) is -0.687. The van der Waals surface area contributed by atoms with Gasteiger partial charge in [-0.3, -0.25) is 9.69 Å². The lowest BCUT2D eigenvalue weighted by Crippen LogP contribution is -2.30. The van der Waals surface area contributed by atoms with Gasteiger partial charge in [0.25, 0.3) is 0 Å². The number of nitrogens with one attached hydrogen (secondary N) is 1. The van der Waals surface area contributed by atoms with Gasteiger partial charge in [-0.15, -0.1) is 11.3 Å². The molecule has 0 fully saturated rings. The molecule has 0 unspecified atom stereocenters. The van der Waals surface area contributed by atoms with E-state index in [2.05, 4.69) is 5.32 Å². The molecule has 0 atom stereocenters. The molecule has 1 amide bonds. The minimum atomic E-state index is -0.485. The molecule has 0 saturated carbocycles. The number of likely N-dealkylation sites (N-methyl/N-ethyl adjacent to an activating group) is 1. The Balaban J connectivity index is 1.79. The average Bonchev–Trinajstić information content (AvgIpc) is 3.12. The van der Waals surface area contributed by atoms with Gasteiger partial charge in [0.2, 0.25) is 5.91 Å². The molecule has 0 bridgehead atoms. The zero-order valence-electron chi connectivity index (χ0n) is 16.9. The van der Waals surface area contributed by atoms with Crippen molar-refractivity contribution in [3.8, 4) is 11.1 Å². The molecule has 7 heteroatoms. The van der Waals surface area contributed by atoms with Crippen LogP contribution in [0.3, 0.4) is 0 Å². The number of halogens is 1. The van der Waals surface area contributed by atoms with E-state index in [4.69, 9.17) is 16.3 Å². The van der Waals surface area contributed by atoms with Crippen LogP contribution in [0.2, 0.25) is 5.02 Å². The summed E-state index contributed by atoms with van der Waals surface area (Å²) in [5.41, 5.74) is 2.82. The third kappa shape index (κ3) is 5.48. The summed E-state index contributed by atoms with van der Waals surface area (Å²) in [4.78, 5) is 27.2. The molecule has 156 valence electrons. The molecular weight excluding hydrogens is 420 g/mol. The fraction of sp³-hybridized carbons (Fsp3) is 0.217. The predicted octanol–water partition coefficient (Wildman–Crippen LogP) is 5.32. The fourth-order valence-corrected chi connectivity index (χ4v) is 4.30. The van der Waals surface area contributed by atoms with Crippen molar-refractivity contribution in [1.29, 1.82) is 0 Å². The Labute approximate surface area is 185 Å². The van der Waals surface area contributed by atoms with E-state index >= 15 is 0 Å². The number of anilines is 1. The summed E-state index contributed by atoms with van der Waals surface area (Å²) in [6, 6.07) is 17.2. The van der Waals surface area contributed by atoms with Crippen LogP contribution in [0.1, 0.15) is 22.8 Å². The topological polar surface area (TPSA) is 58.6 Å². The SMILES string of the molecule is CCOC(=O)c1c(-c2ccccc2Cl)csc1NC(=O)CN(C)Cc1ccccc1. The van der Waals surface area contributed by atoms with Crippen LogP contribution in [-0.2, 0) is 16.1 Å². The molecule has 5 nitrogen and oxygen atoms in total. The maximum atomic E-state index is 12.7. The molecule has 1 N–H and O–H groups in total. The maximum absolute atomic E-state index is 12.7. The van der Waals surface area contributed by atoms with Crippen LogP contribution in [-0.4, -0.2) is 37.0 Å². The molecule has 0 aliphatic heterocycles. The Hall–Kier alpha value is -2.67. The lowest BCUT2D eigenvalue weighted by molar-refractivity contribution is -0.117. The van der Waals surface area contributed by atoms with Crippen LogP contribution >= 0.6 is 22.9 Å². The zero-order chi connectivity index (χ0) is 21.5. The molecule has 0 radical (unpaired) electrons. The van der Waals surface area contributed by atoms with Crippen LogP contribution in [0.15, 0.2) is 60.0 Å². The second-order valence-electron chi connectivity index (χ2n) is 6.76. The van der Waals surface area contributed by atoms with Crippen LogP contribution < -0.4 is 5.32 Å². The largest absolute Gasteiger partial charge is 0.462 e. The zero-order valence-corrected chi connectivity index (χ0v) is 18.4. The van der Waals surface area contributed by atoms with Gasteiger partial charge in [-0.25, -0.2) is 4.79 Å². The summed E-state index contributed by atoms with van der Waals surface area (Å²) in [6.07, 6.45) is 0. The normalized spacial score (nSPS) is 10.8. The number of amides is 1. The number of hydrogen-bond acceptors (Lipinski definition) is 5. The van der Waals surface area contributed by atoms with E-state index < -0.39 is 5.97 Å². The van der Waals surface area contributed by atoms with Crippen molar-refractivity contribution in [2.45, 2.75) is 13.5 Å². The summed E-state index contributed by atoms with van der Waals surface area (Å²) < 4.78 is 5.23. The van der Waals surface area contributed by atoms with Crippen LogP contribution in [0.25, 0.3) is 11.1 Å². The highest BCUT2D eigenvalue weighted by atomic mass is 35.5. The summed E-state index contributed by atoms with van der Waals surface area (Å²) in [5, 5.41) is 5.68. The Morgan fingerprint density at radius 3 is 2.47 bits per heavy atom. The molecule has 0 spiro atoms. The highest BCUT2D eigenvalue weighted by Crippen LogP contribution is 2.39. The number of benzene rings is 2. The second kappa shape index (κ2) is 10.4. The Morgan fingerprint density at radius 1 is 1.07 bits per heavy atom. The van der Waals surface area contributed by atoms with Gasteiger partial charge in [-0.1, -0.05) is 60.1 Å². The molecule has 0 saturated heterocycles. The number of rotatable bonds is 8. The second-order valence-corrected chi connectivity index (χ2v) is 8.05. The van der Waals surface area contributed by atoms with Crippen molar-refractivity contribution < 1.29 is 14.3 Å². The molecule has 1 heterocycles. The van der Waals surface area contributed by atoms with Crippen molar-refractivity contribution in [2.75, 3.05) is 25.5 Å². The van der Waals surface area contributed by atoms with Gasteiger partial charge in [0.15, 0.2) is 0 Å². The van der Waals surface area contributed by atoms with Crippen molar-refractivity contribution in [2.24, 2.45) is 0 Å². The van der Waals surface area contributed by atoms with E-state index in [-0.39, 0.29) is 19.1 Å². The number of carbonyl (C=O) groups excluding carboxylic acids is 2. The number of esters is 1. The quantitative estimate of drug-likeness (QED) is 0.480. The van der Waals surface area contributed by atoms with Crippen LogP contribution in [0, 0.1) is 0 Å². The smallest absolute Gasteiger partial charge is 0.341 e. The van der Waals surface area contributed by atoms with Gasteiger partial charge in [0.05, 0.1) is 13.2 Å². The Morgan fingerprint density at radius 2 is 1.77 bits per heavy atom. The van der Waals surface area contributed by atoms with Gasteiger partial charge in [-0.2, -0.15) is 0 Å². The third-order valence-corrected chi connectivity index (χ3v) is 5.62. The third-order valence-electron chi connectivity index (χ3n) is 4.40. The molecular formula is C23H23ClN2O3S. The highest BCUT2D eigenvalue weighted by molar-refractivity contribution is 7.15. The molecule has 0 aliphatic carbocycles. The minimum Gasteiger partial charge on any atom is -0.462 e. The average molecular weight is 443 g/mol. The summed E-state index contributed by atoms with van der Waals surface area (Å²) >= 11 is 7.62.